The number of methoxy groups -OCH3 is 1. The van der Waals surface area contributed by atoms with Gasteiger partial charge in [0.1, 0.15) is 10.9 Å². The first-order valence-electron chi connectivity index (χ1n) is 6.26. The Morgan fingerprint density at radius 2 is 2.26 bits per heavy atom. The van der Waals surface area contributed by atoms with Gasteiger partial charge in [0.25, 0.3) is 0 Å². The normalized spacial score (nSPS) is 19.0. The van der Waals surface area contributed by atoms with Gasteiger partial charge in [-0.1, -0.05) is 11.6 Å². The molecule has 1 fully saturated rings. The van der Waals surface area contributed by atoms with E-state index >= 15 is 0 Å². The molecule has 0 spiro atoms. The van der Waals surface area contributed by atoms with Crippen molar-refractivity contribution in [1.82, 2.24) is 10.3 Å². The highest BCUT2D eigenvalue weighted by Crippen LogP contribution is 2.34. The molecule has 19 heavy (non-hydrogen) atoms. The number of hydrogen-bond acceptors (Lipinski definition) is 3. The van der Waals surface area contributed by atoms with Crippen molar-refractivity contribution in [2.75, 3.05) is 13.7 Å². The SMILES string of the molecule is COc1cc2nc(Cl)c(C3CCCN3)cc2cc1Br. The summed E-state index contributed by atoms with van der Waals surface area (Å²) >= 11 is 9.82. The van der Waals surface area contributed by atoms with Crippen molar-refractivity contribution >= 4 is 38.4 Å². The molecule has 1 aliphatic heterocycles. The quantitative estimate of drug-likeness (QED) is 0.836. The predicted molar refractivity (Wildman–Crippen MR) is 81.0 cm³/mol. The highest BCUT2D eigenvalue weighted by Gasteiger charge is 2.20. The number of benzene rings is 1. The van der Waals surface area contributed by atoms with Crippen LogP contribution in [0.4, 0.5) is 0 Å². The third-order valence-corrected chi connectivity index (χ3v) is 4.43. The van der Waals surface area contributed by atoms with Gasteiger partial charge in [-0.15, -0.1) is 0 Å². The maximum Gasteiger partial charge on any atom is 0.135 e. The number of nitrogens with zero attached hydrogens (tertiary/aromatic N) is 1. The highest BCUT2D eigenvalue weighted by atomic mass is 79.9. The van der Waals surface area contributed by atoms with E-state index in [1.54, 1.807) is 7.11 Å². The zero-order valence-electron chi connectivity index (χ0n) is 10.5. The molecule has 1 N–H and O–H groups in total. The third-order valence-electron chi connectivity index (χ3n) is 3.50. The summed E-state index contributed by atoms with van der Waals surface area (Å²) in [5.74, 6) is 0.766. The first-order valence-corrected chi connectivity index (χ1v) is 7.43. The molecular formula is C14H14BrClN2O. The average molecular weight is 342 g/mol. The molecule has 0 amide bonds. The van der Waals surface area contributed by atoms with Gasteiger partial charge in [0.2, 0.25) is 0 Å². The second-order valence-corrected chi connectivity index (χ2v) is 5.91. The maximum absolute atomic E-state index is 6.31. The Balaban J connectivity index is 2.13. The van der Waals surface area contributed by atoms with Crippen LogP contribution in [0.1, 0.15) is 24.4 Å². The van der Waals surface area contributed by atoms with Crippen LogP contribution in [0.2, 0.25) is 5.15 Å². The van der Waals surface area contributed by atoms with Crippen LogP contribution in [0.3, 0.4) is 0 Å². The van der Waals surface area contributed by atoms with E-state index in [2.05, 4.69) is 32.3 Å². The standard InChI is InChI=1S/C14H14BrClN2O/c1-19-13-7-12-8(6-10(13)15)5-9(14(16)18-12)11-3-2-4-17-11/h5-7,11,17H,2-4H2,1H3. The number of nitrogens with one attached hydrogen (secondary N) is 1. The van der Waals surface area contributed by atoms with Gasteiger partial charge in [0.05, 0.1) is 17.1 Å². The number of pyridine rings is 1. The Morgan fingerprint density at radius 1 is 1.42 bits per heavy atom. The number of fused-ring (bicyclic) bond motifs is 1. The van der Waals surface area contributed by atoms with Crippen LogP contribution < -0.4 is 10.1 Å². The van der Waals surface area contributed by atoms with Gasteiger partial charge in [0, 0.05) is 23.1 Å². The van der Waals surface area contributed by atoms with E-state index < -0.39 is 0 Å². The molecule has 3 rings (SSSR count). The van der Waals surface area contributed by atoms with Gasteiger partial charge in [-0.2, -0.15) is 0 Å². The van der Waals surface area contributed by atoms with Crippen LogP contribution in [-0.2, 0) is 0 Å². The van der Waals surface area contributed by atoms with E-state index in [0.717, 1.165) is 39.7 Å². The summed E-state index contributed by atoms with van der Waals surface area (Å²) in [4.78, 5) is 4.49. The molecule has 2 heterocycles. The predicted octanol–water partition coefficient (Wildman–Crippen LogP) is 4.08. The summed E-state index contributed by atoms with van der Waals surface area (Å²) in [5.41, 5.74) is 1.94. The fraction of sp³-hybridized carbons (Fsp3) is 0.357. The minimum atomic E-state index is 0.324. The van der Waals surface area contributed by atoms with E-state index in [-0.39, 0.29) is 0 Å². The lowest BCUT2D eigenvalue weighted by atomic mass is 10.0. The van der Waals surface area contributed by atoms with Crippen LogP contribution in [0.15, 0.2) is 22.7 Å². The summed E-state index contributed by atoms with van der Waals surface area (Å²) < 4.78 is 6.21. The van der Waals surface area contributed by atoms with Crippen LogP contribution >= 0.6 is 27.5 Å². The molecule has 1 aliphatic rings. The molecule has 0 aliphatic carbocycles. The Labute approximate surface area is 125 Å². The van der Waals surface area contributed by atoms with Crippen molar-refractivity contribution in [3.8, 4) is 5.75 Å². The second kappa shape index (κ2) is 5.27. The Hall–Kier alpha value is -0.840. The lowest BCUT2D eigenvalue weighted by molar-refractivity contribution is 0.412. The fourth-order valence-electron chi connectivity index (χ4n) is 2.52. The molecule has 0 bridgehead atoms. The molecular weight excluding hydrogens is 328 g/mol. The summed E-state index contributed by atoms with van der Waals surface area (Å²) in [7, 11) is 1.64. The number of hydrogen-bond donors (Lipinski definition) is 1. The topological polar surface area (TPSA) is 34.1 Å². The smallest absolute Gasteiger partial charge is 0.135 e. The molecule has 100 valence electrons. The third kappa shape index (κ3) is 2.45. The van der Waals surface area contributed by atoms with Crippen molar-refractivity contribution in [2.45, 2.75) is 18.9 Å². The van der Waals surface area contributed by atoms with Crippen molar-refractivity contribution in [2.24, 2.45) is 0 Å². The van der Waals surface area contributed by atoms with Crippen molar-refractivity contribution in [3.05, 3.63) is 33.4 Å². The Kier molecular flexibility index (Phi) is 3.65. The molecule has 1 unspecified atom stereocenters. The van der Waals surface area contributed by atoms with E-state index in [0.29, 0.717) is 11.2 Å². The minimum absolute atomic E-state index is 0.324. The molecule has 2 aromatic rings. The molecule has 1 aromatic carbocycles. The average Bonchev–Trinajstić information content (AvgIpc) is 2.91. The fourth-order valence-corrected chi connectivity index (χ4v) is 3.32. The minimum Gasteiger partial charge on any atom is -0.495 e. The number of rotatable bonds is 2. The lowest BCUT2D eigenvalue weighted by Gasteiger charge is -2.14. The van der Waals surface area contributed by atoms with Gasteiger partial charge in [0.15, 0.2) is 0 Å². The monoisotopic (exact) mass is 340 g/mol. The van der Waals surface area contributed by atoms with E-state index in [9.17, 15) is 0 Å². The number of halogens is 2. The summed E-state index contributed by atoms with van der Waals surface area (Å²) in [6, 6.07) is 6.37. The molecule has 5 heteroatoms. The van der Waals surface area contributed by atoms with Crippen LogP contribution in [0.5, 0.6) is 5.75 Å². The van der Waals surface area contributed by atoms with Crippen LogP contribution in [0.25, 0.3) is 10.9 Å². The van der Waals surface area contributed by atoms with Crippen molar-refractivity contribution < 1.29 is 4.74 Å². The molecule has 3 nitrogen and oxygen atoms in total. The second-order valence-electron chi connectivity index (χ2n) is 4.70. The first kappa shape index (κ1) is 13.2. The Morgan fingerprint density at radius 3 is 2.95 bits per heavy atom. The van der Waals surface area contributed by atoms with Crippen molar-refractivity contribution in [3.63, 3.8) is 0 Å². The summed E-state index contributed by atoms with van der Waals surface area (Å²) in [6.45, 7) is 1.05. The van der Waals surface area contributed by atoms with Gasteiger partial charge in [-0.05, 0) is 47.4 Å². The highest BCUT2D eigenvalue weighted by molar-refractivity contribution is 9.10. The van der Waals surface area contributed by atoms with Crippen molar-refractivity contribution in [1.29, 1.82) is 0 Å². The van der Waals surface area contributed by atoms with E-state index in [4.69, 9.17) is 16.3 Å². The van der Waals surface area contributed by atoms with Gasteiger partial charge < -0.3 is 10.1 Å². The number of aromatic nitrogens is 1. The summed E-state index contributed by atoms with van der Waals surface area (Å²) in [5, 5.41) is 5.10. The zero-order valence-corrected chi connectivity index (χ0v) is 12.9. The zero-order chi connectivity index (χ0) is 13.4. The van der Waals surface area contributed by atoms with E-state index in [1.807, 2.05) is 12.1 Å². The lowest BCUT2D eigenvalue weighted by Crippen LogP contribution is -2.13. The van der Waals surface area contributed by atoms with Crippen LogP contribution in [-0.4, -0.2) is 18.6 Å². The molecule has 0 saturated carbocycles. The Bertz CT molecular complexity index is 626. The molecule has 1 aromatic heterocycles. The summed E-state index contributed by atoms with van der Waals surface area (Å²) in [6.07, 6.45) is 2.30. The van der Waals surface area contributed by atoms with Gasteiger partial charge in [-0.25, -0.2) is 4.98 Å². The maximum atomic E-state index is 6.31. The molecule has 1 atom stereocenters. The van der Waals surface area contributed by atoms with Crippen LogP contribution in [0, 0.1) is 0 Å². The van der Waals surface area contributed by atoms with Gasteiger partial charge >= 0.3 is 0 Å². The molecule has 0 radical (unpaired) electrons. The van der Waals surface area contributed by atoms with Gasteiger partial charge in [-0.3, -0.25) is 0 Å². The largest absolute Gasteiger partial charge is 0.495 e. The first-order chi connectivity index (χ1) is 9.19. The van der Waals surface area contributed by atoms with E-state index in [1.165, 1.54) is 6.42 Å². The molecule has 1 saturated heterocycles. The number of ether oxygens (including phenoxy) is 1.